The second-order valence-corrected chi connectivity index (χ2v) is 0.857. The number of nitrogens with one attached hydrogen (secondary N) is 2. The summed E-state index contributed by atoms with van der Waals surface area (Å²) in [7, 11) is 1.50. The highest BCUT2D eigenvalue weighted by Crippen LogP contribution is 1.43. The van der Waals surface area contributed by atoms with Gasteiger partial charge in [0.05, 0.1) is 0 Å². The molecule has 2 N–H and O–H groups in total. The highest BCUT2D eigenvalue weighted by atomic mass is 16.2. The van der Waals surface area contributed by atoms with Crippen LogP contribution in [-0.4, -0.2) is 19.2 Å². The van der Waals surface area contributed by atoms with Gasteiger partial charge < -0.3 is 0 Å². The minimum Gasteiger partial charge on any atom is -0.292 e. The lowest BCUT2D eigenvalue weighted by Gasteiger charge is -1.90. The van der Waals surface area contributed by atoms with E-state index in [1.807, 2.05) is 5.43 Å². The molecule has 0 aliphatic heterocycles. The van der Waals surface area contributed by atoms with Crippen molar-refractivity contribution in [2.75, 3.05) is 7.05 Å². The van der Waals surface area contributed by atoms with Gasteiger partial charge in [-0.25, -0.2) is 5.43 Å². The predicted octanol–water partition coefficient (Wildman–Crippen LogP) is -1.56. The Morgan fingerprint density at radius 1 is 1.71 bits per heavy atom. The maximum absolute atomic E-state index is 9.87. The molecule has 4 heteroatoms. The Hall–Kier alpha value is -0.900. The van der Waals surface area contributed by atoms with Crippen molar-refractivity contribution in [2.45, 2.75) is 0 Å². The van der Waals surface area contributed by atoms with Crippen molar-refractivity contribution in [3.8, 4) is 0 Å². The molecule has 0 aliphatic carbocycles. The zero-order chi connectivity index (χ0) is 5.70. The van der Waals surface area contributed by atoms with Crippen molar-refractivity contribution in [3.05, 3.63) is 0 Å². The number of amides is 1. The van der Waals surface area contributed by atoms with E-state index in [2.05, 4.69) is 5.43 Å². The molecule has 0 radical (unpaired) electrons. The number of hydrogen-bond donors (Lipinski definition) is 2. The molecule has 7 heavy (non-hydrogen) atoms. The Bertz CT molecular complexity index is 81.0. The first-order chi connectivity index (χ1) is 3.31. The quantitative estimate of drug-likeness (QED) is 0.252. The molecule has 0 unspecified atom stereocenters. The van der Waals surface area contributed by atoms with E-state index in [9.17, 15) is 9.59 Å². The summed E-state index contributed by atoms with van der Waals surface area (Å²) in [6, 6.07) is 0. The van der Waals surface area contributed by atoms with Gasteiger partial charge in [-0.05, 0) is 0 Å². The lowest BCUT2D eigenvalue weighted by Crippen LogP contribution is -2.34. The third kappa shape index (κ3) is 2.92. The fraction of sp³-hybridized carbons (Fsp3) is 0.333. The Balaban J connectivity index is 3.17. The zero-order valence-corrected chi connectivity index (χ0v) is 3.89. The van der Waals surface area contributed by atoms with Crippen molar-refractivity contribution in [2.24, 2.45) is 0 Å². The lowest BCUT2D eigenvalue weighted by molar-refractivity contribution is -0.131. The van der Waals surface area contributed by atoms with Crippen molar-refractivity contribution in [3.63, 3.8) is 0 Å². The van der Waals surface area contributed by atoms with Crippen LogP contribution in [0.15, 0.2) is 0 Å². The van der Waals surface area contributed by atoms with E-state index in [0.29, 0.717) is 0 Å². The van der Waals surface area contributed by atoms with Gasteiger partial charge in [0.25, 0.3) is 5.91 Å². The first-order valence-electron chi connectivity index (χ1n) is 1.73. The molecule has 0 heterocycles. The largest absolute Gasteiger partial charge is 0.298 e. The normalized spacial score (nSPS) is 7.57. The van der Waals surface area contributed by atoms with E-state index in [1.165, 1.54) is 7.05 Å². The summed E-state index contributed by atoms with van der Waals surface area (Å²) in [5.74, 6) is -0.664. The number of carbonyl (C=O) groups excluding carboxylic acids is 2. The molecule has 0 aromatic carbocycles. The smallest absolute Gasteiger partial charge is 0.292 e. The average molecular weight is 102 g/mol. The Kier molecular flexibility index (Phi) is 2.87. The molecular formula is C3H6N2O2. The fourth-order valence-corrected chi connectivity index (χ4v) is 0.153. The third-order valence-electron chi connectivity index (χ3n) is 0.355. The van der Waals surface area contributed by atoms with Gasteiger partial charge in [0.2, 0.25) is 6.29 Å². The Morgan fingerprint density at radius 2 is 2.29 bits per heavy atom. The summed E-state index contributed by atoms with van der Waals surface area (Å²) >= 11 is 0. The van der Waals surface area contributed by atoms with Gasteiger partial charge in [0.1, 0.15) is 0 Å². The van der Waals surface area contributed by atoms with Crippen LogP contribution in [0.5, 0.6) is 0 Å². The maximum atomic E-state index is 9.87. The van der Waals surface area contributed by atoms with Gasteiger partial charge >= 0.3 is 0 Å². The van der Waals surface area contributed by atoms with Gasteiger partial charge in [0.15, 0.2) is 0 Å². The number of rotatable bonds is 2. The van der Waals surface area contributed by atoms with Crippen molar-refractivity contribution in [1.82, 2.24) is 10.9 Å². The van der Waals surface area contributed by atoms with Crippen LogP contribution in [0.4, 0.5) is 0 Å². The number of hydrazine groups is 1. The third-order valence-corrected chi connectivity index (χ3v) is 0.355. The summed E-state index contributed by atoms with van der Waals surface area (Å²) in [6.07, 6.45) is 0.191. The van der Waals surface area contributed by atoms with Crippen LogP contribution in [0.25, 0.3) is 0 Å². The van der Waals surface area contributed by atoms with Crippen molar-refractivity contribution >= 4 is 12.2 Å². The van der Waals surface area contributed by atoms with E-state index in [1.54, 1.807) is 0 Å². The predicted molar refractivity (Wildman–Crippen MR) is 23.3 cm³/mol. The highest BCUT2D eigenvalue weighted by molar-refractivity contribution is 6.23. The summed E-state index contributed by atoms with van der Waals surface area (Å²) < 4.78 is 0. The summed E-state index contributed by atoms with van der Waals surface area (Å²) in [6.45, 7) is 0. The average Bonchev–Trinajstić information content (AvgIpc) is 1.68. The molecule has 0 atom stereocenters. The van der Waals surface area contributed by atoms with Gasteiger partial charge in [0, 0.05) is 7.05 Å². The number of hydrogen-bond acceptors (Lipinski definition) is 3. The fourth-order valence-electron chi connectivity index (χ4n) is 0.153. The first-order valence-corrected chi connectivity index (χ1v) is 1.73. The minimum absolute atomic E-state index is 0.191. The molecule has 0 spiro atoms. The van der Waals surface area contributed by atoms with Crippen LogP contribution >= 0.6 is 0 Å². The van der Waals surface area contributed by atoms with Crippen LogP contribution in [0.2, 0.25) is 0 Å². The second-order valence-electron chi connectivity index (χ2n) is 0.857. The SMILES string of the molecule is CNNC(=O)C=O. The molecule has 40 valence electrons. The summed E-state index contributed by atoms with van der Waals surface area (Å²) in [5, 5.41) is 0. The topological polar surface area (TPSA) is 58.2 Å². The monoisotopic (exact) mass is 102 g/mol. The molecule has 0 bridgehead atoms. The van der Waals surface area contributed by atoms with Crippen LogP contribution in [0.1, 0.15) is 0 Å². The summed E-state index contributed by atoms with van der Waals surface area (Å²) in [4.78, 5) is 19.3. The second kappa shape index (κ2) is 3.30. The van der Waals surface area contributed by atoms with Crippen molar-refractivity contribution < 1.29 is 9.59 Å². The molecule has 0 rings (SSSR count). The molecule has 4 nitrogen and oxygen atoms in total. The molecule has 1 amide bonds. The van der Waals surface area contributed by atoms with Crippen molar-refractivity contribution in [1.29, 1.82) is 0 Å². The van der Waals surface area contributed by atoms with Gasteiger partial charge in [-0.3, -0.25) is 15.0 Å². The molecular weight excluding hydrogens is 96.0 g/mol. The minimum atomic E-state index is -0.664. The Morgan fingerprint density at radius 3 is 2.43 bits per heavy atom. The lowest BCUT2D eigenvalue weighted by atomic mass is 10.7. The number of carbonyl (C=O) groups is 2. The van der Waals surface area contributed by atoms with Gasteiger partial charge in [-0.2, -0.15) is 0 Å². The standard InChI is InChI=1S/C3H6N2O2/c1-4-5-3(7)2-6/h2,4H,1H3,(H,5,7). The highest BCUT2D eigenvalue weighted by Gasteiger charge is 1.88. The number of aldehydes is 1. The molecule has 0 saturated heterocycles. The zero-order valence-electron chi connectivity index (χ0n) is 3.89. The van der Waals surface area contributed by atoms with Gasteiger partial charge in [-0.15, -0.1) is 0 Å². The molecule has 0 saturated carbocycles. The van der Waals surface area contributed by atoms with Crippen LogP contribution in [-0.2, 0) is 9.59 Å². The van der Waals surface area contributed by atoms with E-state index in [4.69, 9.17) is 0 Å². The molecule has 0 fully saturated rings. The molecule has 0 aromatic rings. The summed E-state index contributed by atoms with van der Waals surface area (Å²) in [5.41, 5.74) is 4.33. The Labute approximate surface area is 40.9 Å². The first kappa shape index (κ1) is 6.10. The van der Waals surface area contributed by atoms with Crippen LogP contribution in [0.3, 0.4) is 0 Å². The van der Waals surface area contributed by atoms with E-state index in [-0.39, 0.29) is 6.29 Å². The van der Waals surface area contributed by atoms with Gasteiger partial charge in [-0.1, -0.05) is 0 Å². The van der Waals surface area contributed by atoms with E-state index in [0.717, 1.165) is 0 Å². The van der Waals surface area contributed by atoms with Crippen LogP contribution < -0.4 is 10.9 Å². The van der Waals surface area contributed by atoms with E-state index < -0.39 is 5.91 Å². The van der Waals surface area contributed by atoms with Crippen LogP contribution in [0, 0.1) is 0 Å². The molecule has 0 aliphatic rings. The van der Waals surface area contributed by atoms with E-state index >= 15 is 0 Å². The maximum Gasteiger partial charge on any atom is 0.298 e. The molecule has 0 aromatic heterocycles.